The zero-order valence-corrected chi connectivity index (χ0v) is 13.5. The lowest BCUT2D eigenvalue weighted by molar-refractivity contribution is -0.120. The number of methoxy groups -OCH3 is 1. The van der Waals surface area contributed by atoms with Crippen molar-refractivity contribution < 1.29 is 9.53 Å². The molecule has 0 atom stereocenters. The second-order valence-corrected chi connectivity index (χ2v) is 4.10. The maximum atomic E-state index is 11.3. The van der Waals surface area contributed by atoms with Gasteiger partial charge in [-0.3, -0.25) is 4.79 Å². The number of anilines is 1. The van der Waals surface area contributed by atoms with Gasteiger partial charge < -0.3 is 21.1 Å². The van der Waals surface area contributed by atoms with Crippen molar-refractivity contribution in [2.45, 2.75) is 6.42 Å². The number of nitrogens with one attached hydrogen (secondary N) is 2. The van der Waals surface area contributed by atoms with Crippen molar-refractivity contribution in [3.63, 3.8) is 0 Å². The predicted molar refractivity (Wildman–Crippen MR) is 87.7 cm³/mol. The molecule has 1 rings (SSSR count). The topological polar surface area (TPSA) is 76.4 Å². The maximum absolute atomic E-state index is 11.3. The van der Waals surface area contributed by atoms with Gasteiger partial charge in [-0.05, 0) is 18.2 Å². The Morgan fingerprint density at radius 3 is 2.65 bits per heavy atom. The Hall–Kier alpha value is -0.880. The van der Waals surface area contributed by atoms with E-state index in [1.165, 1.54) is 0 Å². The minimum Gasteiger partial charge on any atom is -0.495 e. The third-order valence-corrected chi connectivity index (χ3v) is 2.53. The highest BCUT2D eigenvalue weighted by atomic mass is 35.5. The molecule has 0 bridgehead atoms. The first-order valence-corrected chi connectivity index (χ1v) is 6.09. The van der Waals surface area contributed by atoms with E-state index in [4.69, 9.17) is 22.1 Å². The summed E-state index contributed by atoms with van der Waals surface area (Å²) in [6.45, 7) is 1.45. The van der Waals surface area contributed by atoms with E-state index in [2.05, 4.69) is 10.6 Å². The van der Waals surface area contributed by atoms with Crippen LogP contribution in [0.2, 0.25) is 5.02 Å². The highest BCUT2D eigenvalue weighted by Crippen LogP contribution is 2.27. The number of benzene rings is 1. The van der Waals surface area contributed by atoms with Crippen LogP contribution in [0.25, 0.3) is 0 Å². The van der Waals surface area contributed by atoms with Gasteiger partial charge in [0.05, 0.1) is 12.8 Å². The molecule has 0 saturated heterocycles. The Bertz CT molecular complexity index is 406. The first kappa shape index (κ1) is 21.4. The zero-order valence-electron chi connectivity index (χ0n) is 11.1. The SMILES string of the molecule is COc1ccc(Cl)cc1NCCC(=O)NCCN.Cl.Cl. The summed E-state index contributed by atoms with van der Waals surface area (Å²) < 4.78 is 5.18. The summed E-state index contributed by atoms with van der Waals surface area (Å²) in [5.41, 5.74) is 6.06. The summed E-state index contributed by atoms with van der Waals surface area (Å²) >= 11 is 5.90. The quantitative estimate of drug-likeness (QED) is 0.708. The molecule has 4 N–H and O–H groups in total. The summed E-state index contributed by atoms with van der Waals surface area (Å²) in [5, 5.41) is 6.42. The molecule has 0 unspecified atom stereocenters. The third-order valence-electron chi connectivity index (χ3n) is 2.30. The second-order valence-electron chi connectivity index (χ2n) is 3.66. The van der Waals surface area contributed by atoms with Crippen LogP contribution in [-0.4, -0.2) is 32.7 Å². The lowest BCUT2D eigenvalue weighted by atomic mass is 10.2. The van der Waals surface area contributed by atoms with Gasteiger partial charge in [-0.2, -0.15) is 0 Å². The van der Waals surface area contributed by atoms with E-state index >= 15 is 0 Å². The molecule has 0 heterocycles. The largest absolute Gasteiger partial charge is 0.495 e. The number of halogens is 3. The summed E-state index contributed by atoms with van der Waals surface area (Å²) in [6, 6.07) is 5.29. The van der Waals surface area contributed by atoms with E-state index < -0.39 is 0 Å². The van der Waals surface area contributed by atoms with E-state index in [9.17, 15) is 4.79 Å². The molecule has 8 heteroatoms. The first-order chi connectivity index (χ1) is 8.67. The lowest BCUT2D eigenvalue weighted by Crippen LogP contribution is -2.30. The smallest absolute Gasteiger partial charge is 0.221 e. The number of rotatable bonds is 7. The Morgan fingerprint density at radius 2 is 2.05 bits per heavy atom. The molecule has 0 aliphatic rings. The minimum absolute atomic E-state index is 0. The molecule has 0 radical (unpaired) electrons. The number of hydrogen-bond donors (Lipinski definition) is 3. The van der Waals surface area contributed by atoms with Crippen molar-refractivity contribution in [3.05, 3.63) is 23.2 Å². The lowest BCUT2D eigenvalue weighted by Gasteiger charge is -2.11. The van der Waals surface area contributed by atoms with E-state index in [0.717, 1.165) is 5.69 Å². The maximum Gasteiger partial charge on any atom is 0.221 e. The Balaban J connectivity index is 0. The van der Waals surface area contributed by atoms with Gasteiger partial charge in [0, 0.05) is 31.1 Å². The summed E-state index contributed by atoms with van der Waals surface area (Å²) in [7, 11) is 1.59. The molecule has 20 heavy (non-hydrogen) atoms. The van der Waals surface area contributed by atoms with Gasteiger partial charge in [0.2, 0.25) is 5.91 Å². The van der Waals surface area contributed by atoms with Crippen molar-refractivity contribution in [2.24, 2.45) is 5.73 Å². The molecule has 1 aromatic rings. The fourth-order valence-corrected chi connectivity index (χ4v) is 1.60. The minimum atomic E-state index is -0.0334. The Labute approximate surface area is 136 Å². The zero-order chi connectivity index (χ0) is 13.4. The van der Waals surface area contributed by atoms with Crippen molar-refractivity contribution in [1.29, 1.82) is 0 Å². The molecule has 1 amide bonds. The average Bonchev–Trinajstić information content (AvgIpc) is 2.36. The van der Waals surface area contributed by atoms with Crippen molar-refractivity contribution in [1.82, 2.24) is 5.32 Å². The fourth-order valence-electron chi connectivity index (χ4n) is 1.43. The van der Waals surface area contributed by atoms with E-state index in [-0.39, 0.29) is 30.7 Å². The molecular weight excluding hydrogens is 325 g/mol. The summed E-state index contributed by atoms with van der Waals surface area (Å²) in [4.78, 5) is 11.3. The molecule has 1 aromatic carbocycles. The number of hydrogen-bond acceptors (Lipinski definition) is 4. The predicted octanol–water partition coefficient (Wildman–Crippen LogP) is 2.07. The van der Waals surface area contributed by atoms with Crippen molar-refractivity contribution in [2.75, 3.05) is 32.1 Å². The van der Waals surface area contributed by atoms with E-state index in [0.29, 0.717) is 36.8 Å². The number of carbonyl (C=O) groups excluding carboxylic acids is 1. The third kappa shape index (κ3) is 7.65. The normalized spacial score (nSPS) is 8.95. The van der Waals surface area contributed by atoms with Gasteiger partial charge in [0.25, 0.3) is 0 Å². The molecule has 0 aliphatic heterocycles. The Morgan fingerprint density at radius 1 is 1.35 bits per heavy atom. The van der Waals surface area contributed by atoms with Crippen molar-refractivity contribution in [3.8, 4) is 5.75 Å². The molecule has 5 nitrogen and oxygen atoms in total. The highest BCUT2D eigenvalue weighted by molar-refractivity contribution is 6.30. The van der Waals surface area contributed by atoms with Gasteiger partial charge in [-0.15, -0.1) is 24.8 Å². The van der Waals surface area contributed by atoms with Crippen molar-refractivity contribution >= 4 is 48.0 Å². The molecule has 116 valence electrons. The van der Waals surface area contributed by atoms with Crippen LogP contribution in [0.5, 0.6) is 5.75 Å². The van der Waals surface area contributed by atoms with Crippen LogP contribution < -0.4 is 21.1 Å². The molecule has 0 aliphatic carbocycles. The van der Waals surface area contributed by atoms with E-state index in [1.54, 1.807) is 25.3 Å². The second kappa shape index (κ2) is 11.9. The number of amides is 1. The number of carbonyl (C=O) groups is 1. The molecule has 0 spiro atoms. The van der Waals surface area contributed by atoms with Crippen LogP contribution in [-0.2, 0) is 4.79 Å². The van der Waals surface area contributed by atoms with Crippen LogP contribution in [0.4, 0.5) is 5.69 Å². The van der Waals surface area contributed by atoms with Crippen LogP contribution in [0, 0.1) is 0 Å². The monoisotopic (exact) mass is 343 g/mol. The number of ether oxygens (including phenoxy) is 1. The molecular formula is C12H20Cl3N3O2. The van der Waals surface area contributed by atoms with Gasteiger partial charge in [-0.1, -0.05) is 11.6 Å². The number of nitrogens with two attached hydrogens (primary N) is 1. The molecule has 0 aromatic heterocycles. The van der Waals surface area contributed by atoms with Crippen LogP contribution in [0.1, 0.15) is 6.42 Å². The van der Waals surface area contributed by atoms with Gasteiger partial charge >= 0.3 is 0 Å². The van der Waals surface area contributed by atoms with E-state index in [1.807, 2.05) is 0 Å². The van der Waals surface area contributed by atoms with Crippen LogP contribution >= 0.6 is 36.4 Å². The van der Waals surface area contributed by atoms with Gasteiger partial charge in [0.15, 0.2) is 0 Å². The molecule has 0 fully saturated rings. The molecule has 0 saturated carbocycles. The van der Waals surface area contributed by atoms with Gasteiger partial charge in [0.1, 0.15) is 5.75 Å². The highest BCUT2D eigenvalue weighted by Gasteiger charge is 2.04. The van der Waals surface area contributed by atoms with Crippen LogP contribution in [0.15, 0.2) is 18.2 Å². The summed E-state index contributed by atoms with van der Waals surface area (Å²) in [6.07, 6.45) is 0.371. The standard InChI is InChI=1S/C12H18ClN3O2.2ClH/c1-18-11-3-2-9(13)8-10(11)15-6-4-12(17)16-7-5-14;;/h2-3,8,15H,4-7,14H2,1H3,(H,16,17);2*1H. The Kier molecular flexibility index (Phi) is 12.8. The average molecular weight is 345 g/mol. The van der Waals surface area contributed by atoms with Crippen LogP contribution in [0.3, 0.4) is 0 Å². The first-order valence-electron chi connectivity index (χ1n) is 5.71. The fraction of sp³-hybridized carbons (Fsp3) is 0.417. The summed E-state index contributed by atoms with van der Waals surface area (Å²) in [5.74, 6) is 0.663. The van der Waals surface area contributed by atoms with Gasteiger partial charge in [-0.25, -0.2) is 0 Å².